The van der Waals surface area contributed by atoms with E-state index in [9.17, 15) is 0 Å². The molecule has 0 bridgehead atoms. The molecule has 0 spiro atoms. The molecule has 2 heterocycles. The summed E-state index contributed by atoms with van der Waals surface area (Å²) in [6.07, 6.45) is 2.85. The van der Waals surface area contributed by atoms with Crippen LogP contribution >= 0.6 is 11.6 Å². The van der Waals surface area contributed by atoms with E-state index in [1.165, 1.54) is 11.1 Å². The SMILES string of the molecule is CC(Cc1ccc2c(c1)OCO2)CN(C)Cc1ccc(Cl)nc1. The molecule has 2 aromatic rings. The van der Waals surface area contributed by atoms with Crippen LogP contribution in [0.15, 0.2) is 36.5 Å². The molecule has 122 valence electrons. The number of pyridine rings is 1. The minimum atomic E-state index is 0.326. The summed E-state index contributed by atoms with van der Waals surface area (Å²) in [5.41, 5.74) is 2.45. The Morgan fingerprint density at radius 2 is 1.96 bits per heavy atom. The van der Waals surface area contributed by atoms with Gasteiger partial charge in [-0.3, -0.25) is 0 Å². The topological polar surface area (TPSA) is 34.6 Å². The minimum Gasteiger partial charge on any atom is -0.454 e. The summed E-state index contributed by atoms with van der Waals surface area (Å²) >= 11 is 5.82. The second-order valence-corrected chi connectivity index (χ2v) is 6.57. The minimum absolute atomic E-state index is 0.326. The molecule has 1 unspecified atom stereocenters. The zero-order chi connectivity index (χ0) is 16.2. The van der Waals surface area contributed by atoms with Crippen LogP contribution < -0.4 is 9.47 Å². The Morgan fingerprint density at radius 1 is 1.17 bits per heavy atom. The smallest absolute Gasteiger partial charge is 0.231 e. The van der Waals surface area contributed by atoms with Crippen molar-refractivity contribution in [1.82, 2.24) is 9.88 Å². The van der Waals surface area contributed by atoms with Crippen LogP contribution in [0.1, 0.15) is 18.1 Å². The molecule has 4 nitrogen and oxygen atoms in total. The third kappa shape index (κ3) is 4.36. The van der Waals surface area contributed by atoms with Gasteiger partial charge in [0.15, 0.2) is 11.5 Å². The summed E-state index contributed by atoms with van der Waals surface area (Å²) in [6.45, 7) is 4.47. The third-order valence-electron chi connectivity index (χ3n) is 3.89. The maximum atomic E-state index is 5.82. The van der Waals surface area contributed by atoms with Crippen molar-refractivity contribution in [1.29, 1.82) is 0 Å². The van der Waals surface area contributed by atoms with Gasteiger partial charge in [-0.15, -0.1) is 0 Å². The highest BCUT2D eigenvalue weighted by molar-refractivity contribution is 6.29. The molecule has 0 amide bonds. The summed E-state index contributed by atoms with van der Waals surface area (Å²) in [6, 6.07) is 10.1. The maximum absolute atomic E-state index is 5.82. The average molecular weight is 333 g/mol. The molecule has 1 aromatic carbocycles. The molecule has 0 fully saturated rings. The predicted octanol–water partition coefficient (Wildman–Crippen LogP) is 3.77. The molecule has 1 aromatic heterocycles. The van der Waals surface area contributed by atoms with E-state index in [-0.39, 0.29) is 0 Å². The molecule has 0 aliphatic carbocycles. The number of benzene rings is 1. The number of hydrogen-bond donors (Lipinski definition) is 0. The highest BCUT2D eigenvalue weighted by atomic mass is 35.5. The van der Waals surface area contributed by atoms with Gasteiger partial charge >= 0.3 is 0 Å². The van der Waals surface area contributed by atoms with Gasteiger partial charge in [0.2, 0.25) is 6.79 Å². The summed E-state index contributed by atoms with van der Waals surface area (Å²) in [5.74, 6) is 2.24. The lowest BCUT2D eigenvalue weighted by Crippen LogP contribution is -2.25. The van der Waals surface area contributed by atoms with Crippen LogP contribution in [0.3, 0.4) is 0 Å². The van der Waals surface area contributed by atoms with Crippen molar-refractivity contribution in [2.75, 3.05) is 20.4 Å². The van der Waals surface area contributed by atoms with E-state index >= 15 is 0 Å². The third-order valence-corrected chi connectivity index (χ3v) is 4.11. The van der Waals surface area contributed by atoms with E-state index < -0.39 is 0 Å². The van der Waals surface area contributed by atoms with Crippen LogP contribution in [0.2, 0.25) is 5.15 Å². The summed E-state index contributed by atoms with van der Waals surface area (Å²) < 4.78 is 10.8. The lowest BCUT2D eigenvalue weighted by molar-refractivity contribution is 0.174. The largest absolute Gasteiger partial charge is 0.454 e. The Bertz CT molecular complexity index is 661. The Balaban J connectivity index is 1.52. The summed E-state index contributed by atoms with van der Waals surface area (Å²) in [4.78, 5) is 6.43. The highest BCUT2D eigenvalue weighted by Gasteiger charge is 2.15. The van der Waals surface area contributed by atoms with Crippen LogP contribution in [0, 0.1) is 5.92 Å². The molecule has 0 saturated carbocycles. The summed E-state index contributed by atoms with van der Waals surface area (Å²) in [7, 11) is 2.13. The fourth-order valence-electron chi connectivity index (χ4n) is 2.94. The molecule has 0 N–H and O–H groups in total. The Hall–Kier alpha value is -1.78. The van der Waals surface area contributed by atoms with Crippen molar-refractivity contribution in [3.63, 3.8) is 0 Å². The van der Waals surface area contributed by atoms with Gasteiger partial charge in [-0.25, -0.2) is 4.98 Å². The molecular formula is C18H21ClN2O2. The second-order valence-electron chi connectivity index (χ2n) is 6.18. The molecule has 1 aliphatic rings. The Kier molecular flexibility index (Phi) is 5.03. The second kappa shape index (κ2) is 7.20. The van der Waals surface area contributed by atoms with E-state index in [0.29, 0.717) is 17.9 Å². The number of aromatic nitrogens is 1. The van der Waals surface area contributed by atoms with E-state index in [1.807, 2.05) is 24.4 Å². The first-order valence-corrected chi connectivity index (χ1v) is 8.15. The number of fused-ring (bicyclic) bond motifs is 1. The van der Waals surface area contributed by atoms with Gasteiger partial charge in [-0.1, -0.05) is 30.7 Å². The van der Waals surface area contributed by atoms with Crippen LogP contribution in [0.25, 0.3) is 0 Å². The van der Waals surface area contributed by atoms with Crippen LogP contribution in [0.4, 0.5) is 0 Å². The number of halogens is 1. The Labute approximate surface area is 142 Å². The van der Waals surface area contributed by atoms with Gasteiger partial charge in [0, 0.05) is 19.3 Å². The van der Waals surface area contributed by atoms with Crippen molar-refractivity contribution in [3.05, 3.63) is 52.8 Å². The first kappa shape index (κ1) is 16.1. The first-order valence-electron chi connectivity index (χ1n) is 7.77. The van der Waals surface area contributed by atoms with Gasteiger partial charge in [-0.05, 0) is 48.7 Å². The molecule has 23 heavy (non-hydrogen) atoms. The van der Waals surface area contributed by atoms with Crippen molar-refractivity contribution >= 4 is 11.6 Å². The zero-order valence-electron chi connectivity index (χ0n) is 13.5. The van der Waals surface area contributed by atoms with Crippen molar-refractivity contribution in [3.8, 4) is 11.5 Å². The Morgan fingerprint density at radius 3 is 2.74 bits per heavy atom. The average Bonchev–Trinajstić information content (AvgIpc) is 2.97. The molecule has 0 saturated heterocycles. The van der Waals surface area contributed by atoms with Gasteiger partial charge in [0.05, 0.1) is 0 Å². The number of ether oxygens (including phenoxy) is 2. The normalized spacial score (nSPS) is 14.3. The summed E-state index contributed by atoms with van der Waals surface area (Å²) in [5, 5.41) is 0.535. The van der Waals surface area contributed by atoms with E-state index in [0.717, 1.165) is 31.0 Å². The van der Waals surface area contributed by atoms with Gasteiger partial charge in [0.25, 0.3) is 0 Å². The maximum Gasteiger partial charge on any atom is 0.231 e. The van der Waals surface area contributed by atoms with Gasteiger partial charge in [-0.2, -0.15) is 0 Å². The van der Waals surface area contributed by atoms with Gasteiger partial charge in [0.1, 0.15) is 5.15 Å². The number of rotatable bonds is 6. The monoisotopic (exact) mass is 332 g/mol. The lowest BCUT2D eigenvalue weighted by Gasteiger charge is -2.21. The van der Waals surface area contributed by atoms with Crippen LogP contribution in [-0.4, -0.2) is 30.3 Å². The molecule has 1 aliphatic heterocycles. The predicted molar refractivity (Wildman–Crippen MR) is 91.0 cm³/mol. The highest BCUT2D eigenvalue weighted by Crippen LogP contribution is 2.33. The fraction of sp³-hybridized carbons (Fsp3) is 0.389. The first-order chi connectivity index (χ1) is 11.1. The van der Waals surface area contributed by atoms with E-state index in [1.54, 1.807) is 0 Å². The quantitative estimate of drug-likeness (QED) is 0.754. The molecular weight excluding hydrogens is 312 g/mol. The van der Waals surface area contributed by atoms with E-state index in [4.69, 9.17) is 21.1 Å². The zero-order valence-corrected chi connectivity index (χ0v) is 14.2. The van der Waals surface area contributed by atoms with Crippen LogP contribution in [0.5, 0.6) is 11.5 Å². The van der Waals surface area contributed by atoms with Crippen molar-refractivity contribution in [2.45, 2.75) is 19.9 Å². The fourth-order valence-corrected chi connectivity index (χ4v) is 3.05. The molecule has 5 heteroatoms. The molecule has 0 radical (unpaired) electrons. The number of hydrogen-bond acceptors (Lipinski definition) is 4. The van der Waals surface area contributed by atoms with Crippen LogP contribution in [-0.2, 0) is 13.0 Å². The van der Waals surface area contributed by atoms with Crippen molar-refractivity contribution < 1.29 is 9.47 Å². The van der Waals surface area contributed by atoms with E-state index in [2.05, 4.69) is 36.0 Å². The van der Waals surface area contributed by atoms with Gasteiger partial charge < -0.3 is 14.4 Å². The molecule has 1 atom stereocenters. The standard InChI is InChI=1S/C18H21ClN2O2/c1-13(7-14-3-5-16-17(8-14)23-12-22-16)10-21(2)11-15-4-6-18(19)20-9-15/h3-6,8-9,13H,7,10-12H2,1-2H3. The number of nitrogens with zero attached hydrogens (tertiary/aromatic N) is 2. The molecule has 3 rings (SSSR count). The lowest BCUT2D eigenvalue weighted by atomic mass is 10.00. The van der Waals surface area contributed by atoms with Crippen molar-refractivity contribution in [2.24, 2.45) is 5.92 Å².